The number of amides is 1. The standard InChI is InChI=1S/C17H25N5O3/c23-15(5-9-20-8-2-1-4-14(20)16(24)25)21-10-12-22(13-11-21)17-18-6-3-7-19-17/h3,6-7,14H,1-2,4-5,8-13H2,(H,24,25). The highest BCUT2D eigenvalue weighted by Gasteiger charge is 2.29. The summed E-state index contributed by atoms with van der Waals surface area (Å²) in [7, 11) is 0. The molecule has 25 heavy (non-hydrogen) atoms. The third-order valence-electron chi connectivity index (χ3n) is 4.98. The molecule has 3 rings (SSSR count). The van der Waals surface area contributed by atoms with Gasteiger partial charge in [-0.25, -0.2) is 9.97 Å². The van der Waals surface area contributed by atoms with Gasteiger partial charge in [0.25, 0.3) is 0 Å². The van der Waals surface area contributed by atoms with Gasteiger partial charge in [-0.15, -0.1) is 0 Å². The molecule has 1 aromatic rings. The molecule has 1 N–H and O–H groups in total. The smallest absolute Gasteiger partial charge is 0.320 e. The van der Waals surface area contributed by atoms with Crippen LogP contribution >= 0.6 is 0 Å². The second-order valence-corrected chi connectivity index (χ2v) is 6.55. The van der Waals surface area contributed by atoms with Gasteiger partial charge in [0.2, 0.25) is 11.9 Å². The summed E-state index contributed by atoms with van der Waals surface area (Å²) in [5.74, 6) is 0.0270. The van der Waals surface area contributed by atoms with Crippen molar-refractivity contribution in [3.8, 4) is 0 Å². The summed E-state index contributed by atoms with van der Waals surface area (Å²) in [4.78, 5) is 38.2. The summed E-state index contributed by atoms with van der Waals surface area (Å²) in [5.41, 5.74) is 0. The second kappa shape index (κ2) is 8.24. The van der Waals surface area contributed by atoms with Gasteiger partial charge in [-0.05, 0) is 25.5 Å². The Morgan fingerprint density at radius 3 is 2.48 bits per heavy atom. The molecule has 0 bridgehead atoms. The minimum Gasteiger partial charge on any atom is -0.480 e. The van der Waals surface area contributed by atoms with Crippen molar-refractivity contribution in [1.29, 1.82) is 0 Å². The van der Waals surface area contributed by atoms with Gasteiger partial charge >= 0.3 is 5.97 Å². The summed E-state index contributed by atoms with van der Waals surface area (Å²) in [5, 5.41) is 9.31. The minimum atomic E-state index is -0.774. The van der Waals surface area contributed by atoms with Gasteiger partial charge in [0.15, 0.2) is 0 Å². The number of carboxylic acid groups (broad SMARTS) is 1. The maximum Gasteiger partial charge on any atom is 0.320 e. The number of hydrogen-bond acceptors (Lipinski definition) is 6. The van der Waals surface area contributed by atoms with Gasteiger partial charge in [0.05, 0.1) is 0 Å². The van der Waals surface area contributed by atoms with E-state index < -0.39 is 12.0 Å². The van der Waals surface area contributed by atoms with Gasteiger partial charge in [0, 0.05) is 51.5 Å². The zero-order valence-electron chi connectivity index (χ0n) is 14.4. The lowest BCUT2D eigenvalue weighted by atomic mass is 10.0. The quantitative estimate of drug-likeness (QED) is 0.827. The fourth-order valence-electron chi connectivity index (χ4n) is 3.55. The lowest BCUT2D eigenvalue weighted by molar-refractivity contribution is -0.145. The summed E-state index contributed by atoms with van der Waals surface area (Å²) < 4.78 is 0. The monoisotopic (exact) mass is 347 g/mol. The third-order valence-corrected chi connectivity index (χ3v) is 4.98. The van der Waals surface area contributed by atoms with Crippen LogP contribution in [0.25, 0.3) is 0 Å². The largest absolute Gasteiger partial charge is 0.480 e. The molecule has 0 aromatic carbocycles. The van der Waals surface area contributed by atoms with Crippen LogP contribution in [-0.4, -0.2) is 82.1 Å². The number of aliphatic carboxylic acids is 1. The molecule has 3 heterocycles. The molecular formula is C17H25N5O3. The Kier molecular flexibility index (Phi) is 5.80. The van der Waals surface area contributed by atoms with Crippen molar-refractivity contribution in [3.63, 3.8) is 0 Å². The first-order chi connectivity index (χ1) is 12.1. The highest BCUT2D eigenvalue weighted by Crippen LogP contribution is 2.18. The van der Waals surface area contributed by atoms with Gasteiger partial charge in [-0.3, -0.25) is 14.5 Å². The Labute approximate surface area is 147 Å². The highest BCUT2D eigenvalue weighted by molar-refractivity contribution is 5.77. The van der Waals surface area contributed by atoms with Crippen molar-refractivity contribution < 1.29 is 14.7 Å². The zero-order valence-corrected chi connectivity index (χ0v) is 14.4. The molecule has 2 fully saturated rings. The topological polar surface area (TPSA) is 89.9 Å². The number of rotatable bonds is 5. The van der Waals surface area contributed by atoms with E-state index in [-0.39, 0.29) is 5.91 Å². The van der Waals surface area contributed by atoms with E-state index in [4.69, 9.17) is 0 Å². The molecule has 2 saturated heterocycles. The Hall–Kier alpha value is -2.22. The molecule has 136 valence electrons. The SMILES string of the molecule is O=C(O)C1CCCCN1CCC(=O)N1CCN(c2ncccn2)CC1. The minimum absolute atomic E-state index is 0.100. The van der Waals surface area contributed by atoms with E-state index in [1.54, 1.807) is 18.5 Å². The number of nitrogens with zero attached hydrogens (tertiary/aromatic N) is 5. The first-order valence-corrected chi connectivity index (χ1v) is 8.92. The van der Waals surface area contributed by atoms with E-state index in [0.29, 0.717) is 38.4 Å². The van der Waals surface area contributed by atoms with Crippen LogP contribution < -0.4 is 4.90 Å². The molecule has 1 atom stereocenters. The highest BCUT2D eigenvalue weighted by atomic mass is 16.4. The average Bonchev–Trinajstić information content (AvgIpc) is 2.67. The Morgan fingerprint density at radius 2 is 1.80 bits per heavy atom. The number of piperazine rings is 1. The number of carboxylic acids is 1. The first-order valence-electron chi connectivity index (χ1n) is 8.92. The molecule has 0 radical (unpaired) electrons. The molecule has 0 spiro atoms. The number of carbonyl (C=O) groups is 2. The number of anilines is 1. The van der Waals surface area contributed by atoms with Crippen LogP contribution in [0.4, 0.5) is 5.95 Å². The van der Waals surface area contributed by atoms with Crippen molar-refractivity contribution >= 4 is 17.8 Å². The van der Waals surface area contributed by atoms with Crippen molar-refractivity contribution in [2.75, 3.05) is 44.2 Å². The van der Waals surface area contributed by atoms with Gasteiger partial charge < -0.3 is 14.9 Å². The van der Waals surface area contributed by atoms with Crippen LogP contribution in [0, 0.1) is 0 Å². The lowest BCUT2D eigenvalue weighted by Crippen LogP contribution is -2.50. The van der Waals surface area contributed by atoms with Crippen LogP contribution in [0.3, 0.4) is 0 Å². The van der Waals surface area contributed by atoms with E-state index in [1.165, 1.54) is 0 Å². The van der Waals surface area contributed by atoms with Crippen LogP contribution in [0.15, 0.2) is 18.5 Å². The molecule has 1 unspecified atom stereocenters. The van der Waals surface area contributed by atoms with Crippen molar-refractivity contribution in [1.82, 2.24) is 19.8 Å². The van der Waals surface area contributed by atoms with E-state index >= 15 is 0 Å². The molecule has 2 aliphatic heterocycles. The van der Waals surface area contributed by atoms with E-state index in [0.717, 1.165) is 32.5 Å². The van der Waals surface area contributed by atoms with Crippen molar-refractivity contribution in [2.24, 2.45) is 0 Å². The van der Waals surface area contributed by atoms with Crippen LogP contribution in [0.1, 0.15) is 25.7 Å². The molecule has 1 aromatic heterocycles. The Morgan fingerprint density at radius 1 is 1.08 bits per heavy atom. The maximum atomic E-state index is 12.5. The normalized spacial score (nSPS) is 22.0. The van der Waals surface area contributed by atoms with E-state index in [1.807, 2.05) is 9.80 Å². The van der Waals surface area contributed by atoms with Crippen molar-refractivity contribution in [2.45, 2.75) is 31.7 Å². The number of hydrogen-bond donors (Lipinski definition) is 1. The summed E-state index contributed by atoms with van der Waals surface area (Å²) >= 11 is 0. The predicted octanol–water partition coefficient (Wildman–Crippen LogP) is 0.454. The van der Waals surface area contributed by atoms with Gasteiger partial charge in [-0.1, -0.05) is 6.42 Å². The lowest BCUT2D eigenvalue weighted by Gasteiger charge is -2.36. The number of piperidine rings is 1. The van der Waals surface area contributed by atoms with Crippen LogP contribution in [-0.2, 0) is 9.59 Å². The molecule has 1 amide bonds. The first kappa shape index (κ1) is 17.6. The zero-order chi connectivity index (χ0) is 17.6. The summed E-state index contributed by atoms with van der Waals surface area (Å²) in [6.45, 7) is 4.04. The van der Waals surface area contributed by atoms with E-state index in [9.17, 15) is 14.7 Å². The molecule has 0 aliphatic carbocycles. The fraction of sp³-hybridized carbons (Fsp3) is 0.647. The molecule has 2 aliphatic rings. The molecule has 0 saturated carbocycles. The maximum absolute atomic E-state index is 12.5. The Bertz CT molecular complexity index is 589. The predicted molar refractivity (Wildman–Crippen MR) is 92.3 cm³/mol. The average molecular weight is 347 g/mol. The number of aromatic nitrogens is 2. The van der Waals surface area contributed by atoms with E-state index in [2.05, 4.69) is 14.9 Å². The summed E-state index contributed by atoms with van der Waals surface area (Å²) in [6.07, 6.45) is 6.46. The number of likely N-dealkylation sites (tertiary alicyclic amines) is 1. The Balaban J connectivity index is 1.46. The molecule has 8 nitrogen and oxygen atoms in total. The second-order valence-electron chi connectivity index (χ2n) is 6.55. The van der Waals surface area contributed by atoms with Crippen molar-refractivity contribution in [3.05, 3.63) is 18.5 Å². The van der Waals surface area contributed by atoms with Crippen LogP contribution in [0.2, 0.25) is 0 Å². The molecule has 8 heteroatoms. The van der Waals surface area contributed by atoms with Gasteiger partial charge in [0.1, 0.15) is 6.04 Å². The van der Waals surface area contributed by atoms with Gasteiger partial charge in [-0.2, -0.15) is 0 Å². The third kappa shape index (κ3) is 4.45. The fourth-order valence-corrected chi connectivity index (χ4v) is 3.55. The number of carbonyl (C=O) groups excluding carboxylic acids is 1. The summed E-state index contributed by atoms with van der Waals surface area (Å²) in [6, 6.07) is 1.35. The molecular weight excluding hydrogens is 322 g/mol. The van der Waals surface area contributed by atoms with Crippen LogP contribution in [0.5, 0.6) is 0 Å².